The zero-order chi connectivity index (χ0) is 12.5. The average Bonchev–Trinajstić information content (AvgIpc) is 2.84. The van der Waals surface area contributed by atoms with Gasteiger partial charge in [0.2, 0.25) is 0 Å². The van der Waals surface area contributed by atoms with Gasteiger partial charge in [0, 0.05) is 22.5 Å². The quantitative estimate of drug-likeness (QED) is 0.766. The maximum absolute atomic E-state index is 5.64. The summed E-state index contributed by atoms with van der Waals surface area (Å²) in [6, 6.07) is 11.9. The van der Waals surface area contributed by atoms with Crippen LogP contribution in [-0.2, 0) is 0 Å². The van der Waals surface area contributed by atoms with Gasteiger partial charge in [0.25, 0.3) is 0 Å². The van der Waals surface area contributed by atoms with E-state index in [1.807, 2.05) is 36.4 Å². The average molecular weight is 257 g/mol. The number of nitrogens with two attached hydrogens (primary N) is 1. The second-order valence-electron chi connectivity index (χ2n) is 3.82. The molecule has 0 saturated carbocycles. The number of nitrogens with zero attached hydrogens (tertiary/aromatic N) is 2. The molecule has 18 heavy (non-hydrogen) atoms. The molecule has 0 atom stereocenters. The van der Waals surface area contributed by atoms with Crippen molar-refractivity contribution in [2.24, 2.45) is 0 Å². The number of rotatable bonds is 2. The van der Waals surface area contributed by atoms with Gasteiger partial charge in [-0.05, 0) is 17.5 Å². The Hall–Kier alpha value is -2.14. The normalized spacial score (nSPS) is 10.7. The van der Waals surface area contributed by atoms with Crippen LogP contribution in [-0.4, -0.2) is 16.5 Å². The molecule has 0 aliphatic heterocycles. The fraction of sp³-hybridized carbons (Fsp3) is 0.0769. The van der Waals surface area contributed by atoms with Crippen molar-refractivity contribution in [3.8, 4) is 17.1 Å². The van der Waals surface area contributed by atoms with Gasteiger partial charge >= 0.3 is 0 Å². The lowest BCUT2D eigenvalue weighted by Crippen LogP contribution is -1.89. The predicted octanol–water partition coefficient (Wildman–Crippen LogP) is 2.95. The van der Waals surface area contributed by atoms with Crippen LogP contribution in [0.3, 0.4) is 0 Å². The standard InChI is InChI=1S/C13H11N3OS/c1-17-11-7-6-10(12-15-13(14)18-16-12)8-4-2-3-5-9(8)11/h2-7H,1H3,(H2,14,15,16). The number of nitrogen functional groups attached to an aromatic ring is 1. The van der Waals surface area contributed by atoms with E-state index in [0.717, 1.165) is 22.1 Å². The van der Waals surface area contributed by atoms with E-state index in [1.54, 1.807) is 7.11 Å². The molecule has 3 aromatic rings. The number of hydrogen-bond acceptors (Lipinski definition) is 5. The van der Waals surface area contributed by atoms with Gasteiger partial charge in [0.1, 0.15) is 5.75 Å². The van der Waals surface area contributed by atoms with E-state index in [4.69, 9.17) is 10.5 Å². The highest BCUT2D eigenvalue weighted by atomic mass is 32.1. The number of methoxy groups -OCH3 is 1. The van der Waals surface area contributed by atoms with Crippen LogP contribution in [0.2, 0.25) is 0 Å². The molecule has 90 valence electrons. The van der Waals surface area contributed by atoms with Gasteiger partial charge in [-0.3, -0.25) is 0 Å². The smallest absolute Gasteiger partial charge is 0.200 e. The minimum absolute atomic E-state index is 0.477. The highest BCUT2D eigenvalue weighted by Gasteiger charge is 2.11. The first-order chi connectivity index (χ1) is 8.79. The molecule has 1 heterocycles. The molecule has 3 rings (SSSR count). The van der Waals surface area contributed by atoms with Crippen molar-refractivity contribution in [1.29, 1.82) is 0 Å². The first-order valence-corrected chi connectivity index (χ1v) is 6.22. The third-order valence-electron chi connectivity index (χ3n) is 2.79. The Morgan fingerprint density at radius 2 is 1.89 bits per heavy atom. The molecule has 0 unspecified atom stereocenters. The molecule has 2 N–H and O–H groups in total. The van der Waals surface area contributed by atoms with Crippen molar-refractivity contribution in [2.75, 3.05) is 12.8 Å². The van der Waals surface area contributed by atoms with Gasteiger partial charge in [-0.1, -0.05) is 24.3 Å². The van der Waals surface area contributed by atoms with Crippen LogP contribution in [0.15, 0.2) is 36.4 Å². The Bertz CT molecular complexity index is 708. The fourth-order valence-corrected chi connectivity index (χ4v) is 2.44. The van der Waals surface area contributed by atoms with Gasteiger partial charge in [-0.2, -0.15) is 9.36 Å². The second kappa shape index (κ2) is 4.27. The maximum atomic E-state index is 5.64. The lowest BCUT2D eigenvalue weighted by Gasteiger charge is -2.08. The third-order valence-corrected chi connectivity index (χ3v) is 3.33. The number of aromatic nitrogens is 2. The van der Waals surface area contributed by atoms with Crippen molar-refractivity contribution in [3.05, 3.63) is 36.4 Å². The number of anilines is 1. The number of fused-ring (bicyclic) bond motifs is 1. The molecule has 0 spiro atoms. The van der Waals surface area contributed by atoms with Crippen LogP contribution in [0, 0.1) is 0 Å². The Morgan fingerprint density at radius 1 is 1.11 bits per heavy atom. The van der Waals surface area contributed by atoms with Crippen LogP contribution in [0.5, 0.6) is 5.75 Å². The summed E-state index contributed by atoms with van der Waals surface area (Å²) < 4.78 is 9.62. The summed E-state index contributed by atoms with van der Waals surface area (Å²) in [6.07, 6.45) is 0. The lowest BCUT2D eigenvalue weighted by atomic mass is 10.0. The summed E-state index contributed by atoms with van der Waals surface area (Å²) in [7, 11) is 1.67. The van der Waals surface area contributed by atoms with E-state index in [0.29, 0.717) is 11.0 Å². The molecule has 2 aromatic carbocycles. The largest absolute Gasteiger partial charge is 0.496 e. The van der Waals surface area contributed by atoms with Crippen molar-refractivity contribution in [1.82, 2.24) is 9.36 Å². The molecule has 4 nitrogen and oxygen atoms in total. The predicted molar refractivity (Wildman–Crippen MR) is 73.8 cm³/mol. The van der Waals surface area contributed by atoms with Gasteiger partial charge in [-0.15, -0.1) is 0 Å². The van der Waals surface area contributed by atoms with Gasteiger partial charge in [-0.25, -0.2) is 0 Å². The van der Waals surface area contributed by atoms with Crippen molar-refractivity contribution >= 4 is 27.4 Å². The van der Waals surface area contributed by atoms with Gasteiger partial charge < -0.3 is 10.5 Å². The molecular weight excluding hydrogens is 246 g/mol. The van der Waals surface area contributed by atoms with Crippen molar-refractivity contribution < 1.29 is 4.74 Å². The molecular formula is C13H11N3OS. The molecule has 0 radical (unpaired) electrons. The Morgan fingerprint density at radius 3 is 2.56 bits per heavy atom. The first-order valence-electron chi connectivity index (χ1n) is 5.45. The molecule has 0 aliphatic rings. The minimum Gasteiger partial charge on any atom is -0.496 e. The van der Waals surface area contributed by atoms with E-state index in [2.05, 4.69) is 9.36 Å². The molecule has 5 heteroatoms. The zero-order valence-electron chi connectivity index (χ0n) is 9.75. The van der Waals surface area contributed by atoms with Crippen LogP contribution in [0.4, 0.5) is 5.13 Å². The summed E-state index contributed by atoms with van der Waals surface area (Å²) in [6.45, 7) is 0. The maximum Gasteiger partial charge on any atom is 0.200 e. The van der Waals surface area contributed by atoms with Crippen LogP contribution >= 0.6 is 11.5 Å². The highest BCUT2D eigenvalue weighted by molar-refractivity contribution is 7.09. The molecule has 0 saturated heterocycles. The van der Waals surface area contributed by atoms with E-state index >= 15 is 0 Å². The fourth-order valence-electron chi connectivity index (χ4n) is 1.99. The number of hydrogen-bond donors (Lipinski definition) is 1. The Kier molecular flexibility index (Phi) is 2.60. The van der Waals surface area contributed by atoms with E-state index < -0.39 is 0 Å². The summed E-state index contributed by atoms with van der Waals surface area (Å²) in [5.41, 5.74) is 6.61. The topological polar surface area (TPSA) is 61.0 Å². The van der Waals surface area contributed by atoms with E-state index in [-0.39, 0.29) is 0 Å². The molecule has 0 bridgehead atoms. The first kappa shape index (κ1) is 11.0. The highest BCUT2D eigenvalue weighted by Crippen LogP contribution is 2.33. The van der Waals surface area contributed by atoms with Crippen molar-refractivity contribution in [3.63, 3.8) is 0 Å². The van der Waals surface area contributed by atoms with Gasteiger partial charge in [0.15, 0.2) is 11.0 Å². The monoisotopic (exact) mass is 257 g/mol. The summed E-state index contributed by atoms with van der Waals surface area (Å²) in [5.74, 6) is 1.51. The molecule has 1 aromatic heterocycles. The molecule has 0 fully saturated rings. The summed E-state index contributed by atoms with van der Waals surface area (Å²) >= 11 is 1.20. The summed E-state index contributed by atoms with van der Waals surface area (Å²) in [5, 5.41) is 2.59. The minimum atomic E-state index is 0.477. The number of ether oxygens (including phenoxy) is 1. The van der Waals surface area contributed by atoms with Gasteiger partial charge in [0.05, 0.1) is 7.11 Å². The third kappa shape index (κ3) is 1.69. The Balaban J connectivity index is 2.31. The van der Waals surface area contributed by atoms with E-state index in [1.165, 1.54) is 11.5 Å². The SMILES string of the molecule is COc1ccc(-c2nsc(N)n2)c2ccccc12. The molecule has 0 aliphatic carbocycles. The van der Waals surface area contributed by atoms with Crippen molar-refractivity contribution in [2.45, 2.75) is 0 Å². The lowest BCUT2D eigenvalue weighted by molar-refractivity contribution is 0.420. The van der Waals surface area contributed by atoms with Crippen LogP contribution < -0.4 is 10.5 Å². The molecule has 0 amide bonds. The number of benzene rings is 2. The van der Waals surface area contributed by atoms with E-state index in [9.17, 15) is 0 Å². The van der Waals surface area contributed by atoms with Crippen LogP contribution in [0.25, 0.3) is 22.2 Å². The zero-order valence-corrected chi connectivity index (χ0v) is 10.6. The Labute approximate surface area is 108 Å². The summed E-state index contributed by atoms with van der Waals surface area (Å²) in [4.78, 5) is 4.23. The van der Waals surface area contributed by atoms with Crippen LogP contribution in [0.1, 0.15) is 0 Å². The second-order valence-corrected chi connectivity index (χ2v) is 4.60.